The lowest BCUT2D eigenvalue weighted by atomic mass is 9.92. The molecule has 0 aromatic heterocycles. The van der Waals surface area contributed by atoms with Gasteiger partial charge >= 0.3 is 5.97 Å². The largest absolute Gasteiger partial charge is 0.493 e. The van der Waals surface area contributed by atoms with Crippen molar-refractivity contribution in [2.45, 2.75) is 33.1 Å². The van der Waals surface area contributed by atoms with Crippen molar-refractivity contribution in [2.24, 2.45) is 5.92 Å². The molecule has 4 nitrogen and oxygen atoms in total. The molecule has 1 aromatic rings. The van der Waals surface area contributed by atoms with Gasteiger partial charge in [-0.2, -0.15) is 0 Å². The number of ether oxygens (including phenoxy) is 2. The molecule has 0 fully saturated rings. The minimum atomic E-state index is -0.751. The van der Waals surface area contributed by atoms with E-state index in [4.69, 9.17) is 9.47 Å². The molecule has 20 heavy (non-hydrogen) atoms. The number of benzene rings is 1. The molecule has 108 valence electrons. The van der Waals surface area contributed by atoms with Gasteiger partial charge in [0.25, 0.3) is 0 Å². The molecule has 1 heterocycles. The average Bonchev–Trinajstić information content (AvgIpc) is 2.58. The van der Waals surface area contributed by atoms with Crippen molar-refractivity contribution in [3.8, 4) is 5.75 Å². The summed E-state index contributed by atoms with van der Waals surface area (Å²) in [5.74, 6) is -0.524. The molecule has 0 bridgehead atoms. The van der Waals surface area contributed by atoms with E-state index in [0.717, 1.165) is 5.56 Å². The predicted octanol–water partition coefficient (Wildman–Crippen LogP) is 2.95. The molecule has 0 aliphatic carbocycles. The summed E-state index contributed by atoms with van der Waals surface area (Å²) in [6, 6.07) is 5.61. The molecule has 4 heteroatoms. The fraction of sp³-hybridized carbons (Fsp3) is 0.500. The molecule has 1 aliphatic heterocycles. The summed E-state index contributed by atoms with van der Waals surface area (Å²) < 4.78 is 10.6. The molecule has 0 radical (unpaired) electrons. The van der Waals surface area contributed by atoms with E-state index in [9.17, 15) is 9.59 Å². The number of ketones is 1. The summed E-state index contributed by atoms with van der Waals surface area (Å²) in [7, 11) is 0. The van der Waals surface area contributed by atoms with Gasteiger partial charge in [0.2, 0.25) is 0 Å². The van der Waals surface area contributed by atoms with Gasteiger partial charge in [-0.25, -0.2) is 0 Å². The molecule has 0 saturated carbocycles. The predicted molar refractivity (Wildman–Crippen MR) is 75.1 cm³/mol. The van der Waals surface area contributed by atoms with E-state index in [-0.39, 0.29) is 12.4 Å². The smallest absolute Gasteiger partial charge is 0.316 e. The molecule has 2 rings (SSSR count). The Balaban J connectivity index is 2.36. The van der Waals surface area contributed by atoms with E-state index in [1.165, 1.54) is 0 Å². The summed E-state index contributed by atoms with van der Waals surface area (Å²) >= 11 is 0. The highest BCUT2D eigenvalue weighted by Gasteiger charge is 2.33. The Bertz CT molecular complexity index is 519. The zero-order chi connectivity index (χ0) is 14.7. The Labute approximate surface area is 119 Å². The van der Waals surface area contributed by atoms with Gasteiger partial charge in [0, 0.05) is 6.42 Å². The number of hydrogen-bond donors (Lipinski definition) is 0. The highest BCUT2D eigenvalue weighted by molar-refractivity contribution is 6.10. The molecule has 1 atom stereocenters. The maximum atomic E-state index is 12.5. The first-order valence-electron chi connectivity index (χ1n) is 7.02. The first kappa shape index (κ1) is 14.6. The monoisotopic (exact) mass is 276 g/mol. The maximum absolute atomic E-state index is 12.5. The van der Waals surface area contributed by atoms with Crippen LogP contribution in [0.15, 0.2) is 18.2 Å². The Morgan fingerprint density at radius 3 is 2.85 bits per heavy atom. The Kier molecular flexibility index (Phi) is 4.42. The molecule has 1 aliphatic rings. The number of carbonyl (C=O) groups is 2. The lowest BCUT2D eigenvalue weighted by Crippen LogP contribution is -2.26. The zero-order valence-electron chi connectivity index (χ0n) is 12.1. The van der Waals surface area contributed by atoms with Gasteiger partial charge in [0.05, 0.1) is 18.8 Å². The number of Topliss-reactive ketones (excluding diaryl/α,β-unsaturated/α-hetero) is 1. The van der Waals surface area contributed by atoms with Crippen molar-refractivity contribution in [3.63, 3.8) is 0 Å². The van der Waals surface area contributed by atoms with Gasteiger partial charge < -0.3 is 9.47 Å². The molecular weight excluding hydrogens is 256 g/mol. The molecule has 0 spiro atoms. The SMILES string of the molecule is CCOC(=O)C1CCOc2ccc(C(C)C)cc2C1=O. The van der Waals surface area contributed by atoms with Gasteiger partial charge in [-0.3, -0.25) is 9.59 Å². The van der Waals surface area contributed by atoms with Gasteiger partial charge in [-0.1, -0.05) is 19.9 Å². The summed E-state index contributed by atoms with van der Waals surface area (Å²) in [4.78, 5) is 24.4. The van der Waals surface area contributed by atoms with Crippen molar-refractivity contribution in [1.82, 2.24) is 0 Å². The van der Waals surface area contributed by atoms with Gasteiger partial charge in [-0.05, 0) is 30.5 Å². The maximum Gasteiger partial charge on any atom is 0.316 e. The quantitative estimate of drug-likeness (QED) is 0.629. The van der Waals surface area contributed by atoms with Crippen LogP contribution < -0.4 is 4.74 Å². The third-order valence-electron chi connectivity index (χ3n) is 3.49. The normalized spacial score (nSPS) is 18.2. The number of esters is 1. The first-order chi connectivity index (χ1) is 9.54. The van der Waals surface area contributed by atoms with E-state index in [1.807, 2.05) is 18.2 Å². The first-order valence-corrected chi connectivity index (χ1v) is 7.02. The van der Waals surface area contributed by atoms with Crippen LogP contribution in [0.5, 0.6) is 5.75 Å². The van der Waals surface area contributed by atoms with Crippen molar-refractivity contribution in [1.29, 1.82) is 0 Å². The van der Waals surface area contributed by atoms with Crippen LogP contribution in [0.1, 0.15) is 49.0 Å². The summed E-state index contributed by atoms with van der Waals surface area (Å²) in [5, 5.41) is 0. The summed E-state index contributed by atoms with van der Waals surface area (Å²) in [5.41, 5.74) is 1.55. The third-order valence-corrected chi connectivity index (χ3v) is 3.49. The van der Waals surface area contributed by atoms with Gasteiger partial charge in [-0.15, -0.1) is 0 Å². The molecule has 1 aromatic carbocycles. The van der Waals surface area contributed by atoms with E-state index in [2.05, 4.69) is 13.8 Å². The fourth-order valence-corrected chi connectivity index (χ4v) is 2.30. The molecule has 0 N–H and O–H groups in total. The van der Waals surface area contributed by atoms with Crippen molar-refractivity contribution >= 4 is 11.8 Å². The van der Waals surface area contributed by atoms with Crippen LogP contribution in [0, 0.1) is 5.92 Å². The van der Waals surface area contributed by atoms with Crippen LogP contribution in [0.4, 0.5) is 0 Å². The van der Waals surface area contributed by atoms with Crippen molar-refractivity contribution < 1.29 is 19.1 Å². The lowest BCUT2D eigenvalue weighted by molar-refractivity contribution is -0.146. The van der Waals surface area contributed by atoms with Crippen LogP contribution in [0.3, 0.4) is 0 Å². The Hall–Kier alpha value is -1.84. The Morgan fingerprint density at radius 2 is 2.20 bits per heavy atom. The highest BCUT2D eigenvalue weighted by atomic mass is 16.5. The molecule has 1 unspecified atom stereocenters. The van der Waals surface area contributed by atoms with E-state index < -0.39 is 11.9 Å². The zero-order valence-corrected chi connectivity index (χ0v) is 12.1. The molecule has 0 amide bonds. The number of carbonyl (C=O) groups excluding carboxylic acids is 2. The van der Waals surface area contributed by atoms with Crippen LogP contribution in [-0.4, -0.2) is 25.0 Å². The summed E-state index contributed by atoms with van der Waals surface area (Å²) in [6.07, 6.45) is 0.364. The van der Waals surface area contributed by atoms with Crippen LogP contribution >= 0.6 is 0 Å². The molecular formula is C16H20O4. The number of hydrogen-bond acceptors (Lipinski definition) is 4. The average molecular weight is 276 g/mol. The van der Waals surface area contributed by atoms with Crippen LogP contribution in [0.25, 0.3) is 0 Å². The number of rotatable bonds is 3. The van der Waals surface area contributed by atoms with Crippen LogP contribution in [-0.2, 0) is 9.53 Å². The lowest BCUT2D eigenvalue weighted by Gasteiger charge is -2.12. The van der Waals surface area contributed by atoms with Crippen LogP contribution in [0.2, 0.25) is 0 Å². The topological polar surface area (TPSA) is 52.6 Å². The van der Waals surface area contributed by atoms with E-state index >= 15 is 0 Å². The van der Waals surface area contributed by atoms with E-state index in [1.54, 1.807) is 6.92 Å². The fourth-order valence-electron chi connectivity index (χ4n) is 2.30. The molecule has 0 saturated heterocycles. The highest BCUT2D eigenvalue weighted by Crippen LogP contribution is 2.30. The minimum Gasteiger partial charge on any atom is -0.493 e. The van der Waals surface area contributed by atoms with E-state index in [0.29, 0.717) is 30.3 Å². The second-order valence-electron chi connectivity index (χ2n) is 5.22. The second-order valence-corrected chi connectivity index (χ2v) is 5.22. The summed E-state index contributed by atoms with van der Waals surface area (Å²) in [6.45, 7) is 6.49. The van der Waals surface area contributed by atoms with Gasteiger partial charge in [0.15, 0.2) is 5.78 Å². The number of fused-ring (bicyclic) bond motifs is 1. The van der Waals surface area contributed by atoms with Crippen molar-refractivity contribution in [3.05, 3.63) is 29.3 Å². The Morgan fingerprint density at radius 1 is 1.45 bits per heavy atom. The third kappa shape index (κ3) is 2.84. The standard InChI is InChI=1S/C16H20O4/c1-4-19-16(18)12-7-8-20-14-6-5-11(10(2)3)9-13(14)15(12)17/h5-6,9-10,12H,4,7-8H2,1-3H3. The minimum absolute atomic E-state index is 0.196. The second kappa shape index (κ2) is 6.07. The van der Waals surface area contributed by atoms with Crippen molar-refractivity contribution in [2.75, 3.05) is 13.2 Å². The van der Waals surface area contributed by atoms with Gasteiger partial charge in [0.1, 0.15) is 11.7 Å².